The molecule has 0 unspecified atom stereocenters. The highest BCUT2D eigenvalue weighted by atomic mass is 16.4. The largest absolute Gasteiger partial charge is 0.478 e. The van der Waals surface area contributed by atoms with Crippen molar-refractivity contribution in [3.8, 4) is 11.5 Å². The van der Waals surface area contributed by atoms with Crippen molar-refractivity contribution in [3.05, 3.63) is 77.5 Å². The van der Waals surface area contributed by atoms with Crippen LogP contribution in [0, 0.1) is 6.92 Å². The number of benzene rings is 2. The Kier molecular flexibility index (Phi) is 4.30. The Hall–Kier alpha value is -3.67. The number of carboxylic acids is 1. The average molecular weight is 359 g/mol. The fraction of sp³-hybridized carbons (Fsp3) is 0.0952. The van der Waals surface area contributed by atoms with Crippen LogP contribution in [0.1, 0.15) is 21.5 Å². The Labute approximate surface area is 155 Å². The molecule has 0 aliphatic carbocycles. The van der Waals surface area contributed by atoms with Gasteiger partial charge in [-0.15, -0.1) is 0 Å². The Morgan fingerprint density at radius 3 is 2.78 bits per heavy atom. The highest BCUT2D eigenvalue weighted by Crippen LogP contribution is 2.25. The van der Waals surface area contributed by atoms with E-state index in [1.807, 2.05) is 18.2 Å². The smallest absolute Gasteiger partial charge is 0.335 e. The van der Waals surface area contributed by atoms with E-state index in [1.54, 1.807) is 12.3 Å². The van der Waals surface area contributed by atoms with Crippen molar-refractivity contribution in [2.75, 3.05) is 5.32 Å². The third-order valence-electron chi connectivity index (χ3n) is 4.20. The number of aryl methyl sites for hydroxylation is 1. The Balaban J connectivity index is 1.51. The Morgan fingerprint density at radius 1 is 1.15 bits per heavy atom. The second kappa shape index (κ2) is 6.92. The van der Waals surface area contributed by atoms with Crippen LogP contribution in [0.25, 0.3) is 22.6 Å². The number of oxazole rings is 1. The SMILES string of the molecule is Cc1cccc(CNc2ccc(-c3nc4ccc(C(=O)O)cc4o3)cn2)c1. The van der Waals surface area contributed by atoms with E-state index in [2.05, 4.69) is 40.4 Å². The molecule has 6 nitrogen and oxygen atoms in total. The molecule has 0 atom stereocenters. The van der Waals surface area contributed by atoms with Gasteiger partial charge in [-0.3, -0.25) is 0 Å². The first-order valence-corrected chi connectivity index (χ1v) is 8.48. The maximum atomic E-state index is 11.1. The molecule has 0 amide bonds. The third kappa shape index (κ3) is 3.64. The van der Waals surface area contributed by atoms with Crippen molar-refractivity contribution in [2.45, 2.75) is 13.5 Å². The van der Waals surface area contributed by atoms with Gasteiger partial charge in [0.25, 0.3) is 0 Å². The maximum Gasteiger partial charge on any atom is 0.335 e. The molecule has 2 N–H and O–H groups in total. The van der Waals surface area contributed by atoms with E-state index >= 15 is 0 Å². The summed E-state index contributed by atoms with van der Waals surface area (Å²) >= 11 is 0. The van der Waals surface area contributed by atoms with E-state index in [0.29, 0.717) is 23.5 Å². The topological polar surface area (TPSA) is 88.2 Å². The zero-order valence-electron chi connectivity index (χ0n) is 14.6. The van der Waals surface area contributed by atoms with Gasteiger partial charge in [0.05, 0.1) is 11.1 Å². The van der Waals surface area contributed by atoms with Crippen LogP contribution >= 0.6 is 0 Å². The molecule has 0 fully saturated rings. The fourth-order valence-corrected chi connectivity index (χ4v) is 2.82. The first-order chi connectivity index (χ1) is 13.1. The first kappa shape index (κ1) is 16.8. The number of anilines is 1. The summed E-state index contributed by atoms with van der Waals surface area (Å²) in [4.78, 5) is 19.9. The number of hydrogen-bond acceptors (Lipinski definition) is 5. The summed E-state index contributed by atoms with van der Waals surface area (Å²) in [5.41, 5.74) is 4.35. The fourth-order valence-electron chi connectivity index (χ4n) is 2.82. The zero-order valence-corrected chi connectivity index (χ0v) is 14.6. The molecule has 2 aromatic carbocycles. The second-order valence-electron chi connectivity index (χ2n) is 6.28. The van der Waals surface area contributed by atoms with Crippen LogP contribution in [0.4, 0.5) is 5.82 Å². The monoisotopic (exact) mass is 359 g/mol. The van der Waals surface area contributed by atoms with Crippen molar-refractivity contribution in [1.29, 1.82) is 0 Å². The zero-order chi connectivity index (χ0) is 18.8. The molecule has 0 saturated carbocycles. The summed E-state index contributed by atoms with van der Waals surface area (Å²) in [7, 11) is 0. The normalized spacial score (nSPS) is 10.9. The lowest BCUT2D eigenvalue weighted by Crippen LogP contribution is -2.01. The molecule has 4 aromatic rings. The highest BCUT2D eigenvalue weighted by Gasteiger charge is 2.11. The number of nitrogens with one attached hydrogen (secondary N) is 1. The van der Waals surface area contributed by atoms with Crippen LogP contribution < -0.4 is 5.32 Å². The molecule has 0 saturated heterocycles. The minimum absolute atomic E-state index is 0.166. The number of rotatable bonds is 5. The summed E-state index contributed by atoms with van der Waals surface area (Å²) in [5, 5.41) is 12.4. The molecule has 27 heavy (non-hydrogen) atoms. The van der Waals surface area contributed by atoms with E-state index in [9.17, 15) is 4.79 Å². The molecule has 0 radical (unpaired) electrons. The maximum absolute atomic E-state index is 11.1. The van der Waals surface area contributed by atoms with Crippen LogP contribution in [0.15, 0.2) is 65.2 Å². The minimum atomic E-state index is -0.999. The van der Waals surface area contributed by atoms with Gasteiger partial charge in [0.2, 0.25) is 5.89 Å². The summed E-state index contributed by atoms with van der Waals surface area (Å²) in [6, 6.07) is 16.6. The molecule has 2 heterocycles. The lowest BCUT2D eigenvalue weighted by Gasteiger charge is -2.06. The van der Waals surface area contributed by atoms with Gasteiger partial charge in [-0.25, -0.2) is 14.8 Å². The number of carboxylic acid groups (broad SMARTS) is 1. The molecule has 134 valence electrons. The second-order valence-corrected chi connectivity index (χ2v) is 6.28. The molecular formula is C21H17N3O3. The standard InChI is InChI=1S/C21H17N3O3/c1-13-3-2-4-14(9-13)11-22-19-8-6-16(12-23-19)20-24-17-7-5-15(21(25)26)10-18(17)27-20/h2-10,12H,11H2,1H3,(H,22,23)(H,25,26). The van der Waals surface area contributed by atoms with Gasteiger partial charge in [0.1, 0.15) is 11.3 Å². The molecule has 0 aliphatic heterocycles. The number of aromatic nitrogens is 2. The summed E-state index contributed by atoms with van der Waals surface area (Å²) in [6.07, 6.45) is 1.68. The quantitative estimate of drug-likeness (QED) is 0.545. The number of carbonyl (C=O) groups is 1. The van der Waals surface area contributed by atoms with E-state index < -0.39 is 5.97 Å². The summed E-state index contributed by atoms with van der Waals surface area (Å²) < 4.78 is 5.69. The van der Waals surface area contributed by atoms with Gasteiger partial charge in [-0.2, -0.15) is 0 Å². The lowest BCUT2D eigenvalue weighted by atomic mass is 10.1. The minimum Gasteiger partial charge on any atom is -0.478 e. The van der Waals surface area contributed by atoms with Crippen molar-refractivity contribution in [2.24, 2.45) is 0 Å². The Morgan fingerprint density at radius 2 is 2.04 bits per heavy atom. The van der Waals surface area contributed by atoms with Crippen LogP contribution in [-0.4, -0.2) is 21.0 Å². The molecule has 0 aliphatic rings. The number of nitrogens with zero attached hydrogens (tertiary/aromatic N) is 2. The van der Waals surface area contributed by atoms with Crippen LogP contribution in [-0.2, 0) is 6.54 Å². The average Bonchev–Trinajstić information content (AvgIpc) is 3.10. The van der Waals surface area contributed by atoms with E-state index in [4.69, 9.17) is 9.52 Å². The highest BCUT2D eigenvalue weighted by molar-refractivity contribution is 5.92. The molecule has 0 bridgehead atoms. The summed E-state index contributed by atoms with van der Waals surface area (Å²) in [5.74, 6) is 0.162. The summed E-state index contributed by atoms with van der Waals surface area (Å²) in [6.45, 7) is 2.76. The number of pyridine rings is 1. The Bertz CT molecular complexity index is 1120. The molecule has 0 spiro atoms. The van der Waals surface area contributed by atoms with Crippen molar-refractivity contribution >= 4 is 22.9 Å². The van der Waals surface area contributed by atoms with Crippen molar-refractivity contribution < 1.29 is 14.3 Å². The van der Waals surface area contributed by atoms with Crippen molar-refractivity contribution in [3.63, 3.8) is 0 Å². The van der Waals surface area contributed by atoms with Crippen LogP contribution in [0.2, 0.25) is 0 Å². The third-order valence-corrected chi connectivity index (χ3v) is 4.20. The van der Waals surface area contributed by atoms with Crippen LogP contribution in [0.3, 0.4) is 0 Å². The lowest BCUT2D eigenvalue weighted by molar-refractivity contribution is 0.0697. The predicted molar refractivity (Wildman–Crippen MR) is 103 cm³/mol. The molecule has 4 rings (SSSR count). The van der Waals surface area contributed by atoms with E-state index in [-0.39, 0.29) is 5.56 Å². The van der Waals surface area contributed by atoms with Gasteiger partial charge in [0.15, 0.2) is 5.58 Å². The molecule has 6 heteroatoms. The predicted octanol–water partition coefficient (Wildman–Crippen LogP) is 4.51. The van der Waals surface area contributed by atoms with Crippen molar-refractivity contribution in [1.82, 2.24) is 9.97 Å². The van der Waals surface area contributed by atoms with E-state index in [0.717, 1.165) is 11.4 Å². The number of aromatic carboxylic acids is 1. The van der Waals surface area contributed by atoms with Crippen LogP contribution in [0.5, 0.6) is 0 Å². The number of fused-ring (bicyclic) bond motifs is 1. The molecular weight excluding hydrogens is 342 g/mol. The first-order valence-electron chi connectivity index (χ1n) is 8.48. The van der Waals surface area contributed by atoms with Gasteiger partial charge < -0.3 is 14.8 Å². The number of hydrogen-bond donors (Lipinski definition) is 2. The van der Waals surface area contributed by atoms with Gasteiger partial charge >= 0.3 is 5.97 Å². The van der Waals surface area contributed by atoms with E-state index in [1.165, 1.54) is 23.3 Å². The van der Waals surface area contributed by atoms with Gasteiger partial charge in [0, 0.05) is 12.7 Å². The van der Waals surface area contributed by atoms with Gasteiger partial charge in [-0.1, -0.05) is 29.8 Å². The van der Waals surface area contributed by atoms with Gasteiger partial charge in [-0.05, 0) is 42.8 Å². The molecule has 2 aromatic heterocycles.